The second kappa shape index (κ2) is 10.4. The van der Waals surface area contributed by atoms with Gasteiger partial charge in [-0.05, 0) is 42.8 Å². The first-order chi connectivity index (χ1) is 15.2. The van der Waals surface area contributed by atoms with E-state index in [9.17, 15) is 13.2 Å². The molecule has 0 radical (unpaired) electrons. The summed E-state index contributed by atoms with van der Waals surface area (Å²) in [5, 5.41) is 3.16. The van der Waals surface area contributed by atoms with Gasteiger partial charge in [0.25, 0.3) is 0 Å². The molecule has 1 saturated heterocycles. The van der Waals surface area contributed by atoms with Gasteiger partial charge in [0.1, 0.15) is 11.8 Å². The lowest BCUT2D eigenvalue weighted by Crippen LogP contribution is -2.47. The van der Waals surface area contributed by atoms with Crippen LogP contribution in [0.1, 0.15) is 12.5 Å². The second-order valence-corrected chi connectivity index (χ2v) is 9.83. The lowest BCUT2D eigenvalue weighted by molar-refractivity contribution is -0.122. The highest BCUT2D eigenvalue weighted by Crippen LogP contribution is 2.34. The number of carbonyl (C=O) groups excluding carboxylic acids is 1. The third-order valence-electron chi connectivity index (χ3n) is 5.25. The van der Waals surface area contributed by atoms with E-state index in [0.29, 0.717) is 24.0 Å². The number of hydrogen-bond donors (Lipinski definition) is 1. The number of rotatable bonds is 8. The summed E-state index contributed by atoms with van der Waals surface area (Å²) in [6, 6.07) is 11.5. The van der Waals surface area contributed by atoms with Crippen molar-refractivity contribution in [3.8, 4) is 5.75 Å². The number of nitrogens with one attached hydrogen (secondary N) is 1. The van der Waals surface area contributed by atoms with E-state index in [2.05, 4.69) is 10.2 Å². The largest absolute Gasteiger partial charge is 0.495 e. The monoisotopic (exact) mass is 481 g/mol. The highest BCUT2D eigenvalue weighted by atomic mass is 35.5. The van der Waals surface area contributed by atoms with Crippen molar-refractivity contribution in [2.24, 2.45) is 0 Å². The molecule has 1 N–H and O–H groups in total. The maximum Gasteiger partial charge on any atom is 0.243 e. The van der Waals surface area contributed by atoms with E-state index in [1.807, 2.05) is 24.3 Å². The summed E-state index contributed by atoms with van der Waals surface area (Å²) in [4.78, 5) is 15.1. The summed E-state index contributed by atoms with van der Waals surface area (Å²) in [6.45, 7) is 4.92. The van der Waals surface area contributed by atoms with Crippen molar-refractivity contribution >= 4 is 38.9 Å². The SMILES string of the molecule is COc1ccc(Cl)cc1N([C@@H](C)C(=O)NCc1ccc(N2CCOCC2)cc1)S(C)(=O)=O. The van der Waals surface area contributed by atoms with Crippen molar-refractivity contribution in [2.45, 2.75) is 19.5 Å². The van der Waals surface area contributed by atoms with E-state index in [4.69, 9.17) is 21.1 Å². The van der Waals surface area contributed by atoms with Crippen molar-refractivity contribution in [3.05, 3.63) is 53.1 Å². The number of halogens is 1. The molecule has 0 spiro atoms. The van der Waals surface area contributed by atoms with Gasteiger partial charge in [-0.25, -0.2) is 8.42 Å². The zero-order valence-corrected chi connectivity index (χ0v) is 19.9. The molecule has 32 heavy (non-hydrogen) atoms. The normalized spacial score (nSPS) is 15.2. The molecule has 174 valence electrons. The van der Waals surface area contributed by atoms with Crippen LogP contribution in [0, 0.1) is 0 Å². The third kappa shape index (κ3) is 5.85. The summed E-state index contributed by atoms with van der Waals surface area (Å²) in [5.74, 6) is -0.132. The Bertz CT molecular complexity index is 1040. The van der Waals surface area contributed by atoms with Crippen LogP contribution < -0.4 is 19.3 Å². The Morgan fingerprint density at radius 1 is 1.22 bits per heavy atom. The molecule has 0 bridgehead atoms. The second-order valence-electron chi connectivity index (χ2n) is 7.53. The van der Waals surface area contributed by atoms with E-state index >= 15 is 0 Å². The molecule has 1 heterocycles. The number of benzene rings is 2. The van der Waals surface area contributed by atoms with Crippen molar-refractivity contribution in [1.29, 1.82) is 0 Å². The van der Waals surface area contributed by atoms with Gasteiger partial charge in [0.05, 0.1) is 32.3 Å². The Morgan fingerprint density at radius 3 is 2.47 bits per heavy atom. The van der Waals surface area contributed by atoms with Crippen LogP contribution in [0.2, 0.25) is 5.02 Å². The number of amides is 1. The molecule has 0 aliphatic carbocycles. The molecule has 3 rings (SSSR count). The van der Waals surface area contributed by atoms with Gasteiger partial charge < -0.3 is 19.7 Å². The van der Waals surface area contributed by atoms with Crippen molar-refractivity contribution < 1.29 is 22.7 Å². The Labute approximate surface area is 194 Å². The summed E-state index contributed by atoms with van der Waals surface area (Å²) in [6.07, 6.45) is 1.04. The molecular formula is C22H28ClN3O5S. The Kier molecular flexibility index (Phi) is 7.86. The maximum absolute atomic E-state index is 12.9. The number of sulfonamides is 1. The van der Waals surface area contributed by atoms with Crippen molar-refractivity contribution in [2.75, 3.05) is 48.9 Å². The fourth-order valence-corrected chi connectivity index (χ4v) is 4.94. The van der Waals surface area contributed by atoms with E-state index < -0.39 is 22.0 Å². The third-order valence-corrected chi connectivity index (χ3v) is 6.71. The number of carbonyl (C=O) groups is 1. The molecule has 0 aromatic heterocycles. The minimum absolute atomic E-state index is 0.208. The minimum Gasteiger partial charge on any atom is -0.495 e. The number of morpholine rings is 1. The first kappa shape index (κ1) is 24.2. The molecule has 2 aromatic rings. The fourth-order valence-electron chi connectivity index (χ4n) is 3.60. The molecule has 1 aliphatic heterocycles. The predicted octanol–water partition coefficient (Wildman–Crippen LogP) is 2.66. The minimum atomic E-state index is -3.79. The molecule has 1 atom stereocenters. The van der Waals surface area contributed by atoms with Gasteiger partial charge in [0, 0.05) is 30.3 Å². The lowest BCUT2D eigenvalue weighted by atomic mass is 10.1. The summed E-state index contributed by atoms with van der Waals surface area (Å²) in [5.41, 5.74) is 2.22. The summed E-state index contributed by atoms with van der Waals surface area (Å²) < 4.78 is 36.8. The molecule has 8 nitrogen and oxygen atoms in total. The van der Waals surface area contributed by atoms with Gasteiger partial charge in [-0.3, -0.25) is 9.10 Å². The molecule has 10 heteroatoms. The van der Waals surface area contributed by atoms with Gasteiger partial charge in [0.2, 0.25) is 15.9 Å². The predicted molar refractivity (Wildman–Crippen MR) is 126 cm³/mol. The zero-order valence-electron chi connectivity index (χ0n) is 18.4. The van der Waals surface area contributed by atoms with Crippen LogP contribution in [0.3, 0.4) is 0 Å². The lowest BCUT2D eigenvalue weighted by Gasteiger charge is -2.29. The van der Waals surface area contributed by atoms with Gasteiger partial charge in [-0.15, -0.1) is 0 Å². The highest BCUT2D eigenvalue weighted by molar-refractivity contribution is 7.92. The standard InChI is InChI=1S/C22H28ClN3O5S/c1-16(26(32(3,28)29)20-14-18(23)6-9-21(20)30-2)22(27)24-15-17-4-7-19(8-5-17)25-10-12-31-13-11-25/h4-9,14,16H,10-13,15H2,1-3H3,(H,24,27)/t16-/m0/s1. The van der Waals surface area contributed by atoms with Crippen LogP contribution in [0.25, 0.3) is 0 Å². The van der Waals surface area contributed by atoms with Crippen LogP contribution in [0.15, 0.2) is 42.5 Å². The molecule has 0 unspecified atom stereocenters. The zero-order chi connectivity index (χ0) is 23.3. The van der Waals surface area contributed by atoms with E-state index in [0.717, 1.165) is 34.9 Å². The van der Waals surface area contributed by atoms with Crippen LogP contribution in [0.5, 0.6) is 5.75 Å². The number of hydrogen-bond acceptors (Lipinski definition) is 6. The average Bonchev–Trinajstić information content (AvgIpc) is 2.77. The summed E-state index contributed by atoms with van der Waals surface area (Å²) >= 11 is 6.07. The quantitative estimate of drug-likeness (QED) is 0.623. The summed E-state index contributed by atoms with van der Waals surface area (Å²) in [7, 11) is -2.37. The smallest absolute Gasteiger partial charge is 0.243 e. The highest BCUT2D eigenvalue weighted by Gasteiger charge is 2.31. The van der Waals surface area contributed by atoms with Crippen LogP contribution in [-0.2, 0) is 26.1 Å². The van der Waals surface area contributed by atoms with Crippen LogP contribution in [0.4, 0.5) is 11.4 Å². The van der Waals surface area contributed by atoms with E-state index in [1.54, 1.807) is 12.1 Å². The molecular weight excluding hydrogens is 454 g/mol. The van der Waals surface area contributed by atoms with Crippen molar-refractivity contribution in [1.82, 2.24) is 5.32 Å². The van der Waals surface area contributed by atoms with Gasteiger partial charge in [0.15, 0.2) is 0 Å². The Balaban J connectivity index is 1.71. The maximum atomic E-state index is 12.9. The Morgan fingerprint density at radius 2 is 1.88 bits per heavy atom. The molecule has 1 amide bonds. The Hall–Kier alpha value is -2.49. The number of methoxy groups -OCH3 is 1. The van der Waals surface area contributed by atoms with Crippen molar-refractivity contribution in [3.63, 3.8) is 0 Å². The van der Waals surface area contributed by atoms with Gasteiger partial charge in [-0.1, -0.05) is 23.7 Å². The van der Waals surface area contributed by atoms with E-state index in [-0.39, 0.29) is 12.2 Å². The number of ether oxygens (including phenoxy) is 2. The van der Waals surface area contributed by atoms with Crippen LogP contribution in [-0.4, -0.2) is 60.0 Å². The van der Waals surface area contributed by atoms with Gasteiger partial charge in [-0.2, -0.15) is 0 Å². The first-order valence-corrected chi connectivity index (χ1v) is 12.5. The molecule has 1 aliphatic rings. The molecule has 2 aromatic carbocycles. The molecule has 1 fully saturated rings. The molecule has 0 saturated carbocycles. The average molecular weight is 482 g/mol. The van der Waals surface area contributed by atoms with E-state index in [1.165, 1.54) is 20.1 Å². The number of nitrogens with zero attached hydrogens (tertiary/aromatic N) is 2. The number of anilines is 2. The fraction of sp³-hybridized carbons (Fsp3) is 0.409. The van der Waals surface area contributed by atoms with Crippen LogP contribution >= 0.6 is 11.6 Å². The van der Waals surface area contributed by atoms with Gasteiger partial charge >= 0.3 is 0 Å². The topological polar surface area (TPSA) is 88.2 Å². The first-order valence-electron chi connectivity index (χ1n) is 10.2.